The summed E-state index contributed by atoms with van der Waals surface area (Å²) in [5, 5.41) is 3.45. The third-order valence-electron chi connectivity index (χ3n) is 4.93. The van der Waals surface area contributed by atoms with Crippen molar-refractivity contribution < 1.29 is 9.53 Å². The molecule has 3 heteroatoms. The first-order valence-electron chi connectivity index (χ1n) is 6.76. The Labute approximate surface area is 104 Å². The van der Waals surface area contributed by atoms with Crippen LogP contribution < -0.4 is 5.32 Å². The lowest BCUT2D eigenvalue weighted by Crippen LogP contribution is -2.51. The minimum atomic E-state index is -0.252. The lowest BCUT2D eigenvalue weighted by atomic mass is 9.58. The fourth-order valence-corrected chi connectivity index (χ4v) is 4.42. The van der Waals surface area contributed by atoms with Crippen molar-refractivity contribution in [2.45, 2.75) is 45.6 Å². The smallest absolute Gasteiger partial charge is 0.311 e. The Balaban J connectivity index is 2.17. The van der Waals surface area contributed by atoms with E-state index in [9.17, 15) is 4.79 Å². The van der Waals surface area contributed by atoms with Gasteiger partial charge in [0.1, 0.15) is 0 Å². The maximum Gasteiger partial charge on any atom is 0.311 e. The van der Waals surface area contributed by atoms with Crippen LogP contribution >= 0.6 is 0 Å². The number of carbonyl (C=O) groups excluding carboxylic acids is 1. The summed E-state index contributed by atoms with van der Waals surface area (Å²) in [6, 6.07) is 0.565. The number of ether oxygens (including phenoxy) is 1. The summed E-state index contributed by atoms with van der Waals surface area (Å²) in [6.45, 7) is 4.42. The molecule has 2 saturated carbocycles. The first-order chi connectivity index (χ1) is 8.00. The minimum absolute atomic E-state index is 0.0170. The molecular formula is C14H25NO2. The predicted molar refractivity (Wildman–Crippen MR) is 67.6 cm³/mol. The summed E-state index contributed by atoms with van der Waals surface area (Å²) in [4.78, 5) is 12.0. The van der Waals surface area contributed by atoms with E-state index in [4.69, 9.17) is 4.74 Å². The topological polar surface area (TPSA) is 38.3 Å². The van der Waals surface area contributed by atoms with Gasteiger partial charge in [0.15, 0.2) is 0 Å². The van der Waals surface area contributed by atoms with E-state index in [0.29, 0.717) is 17.9 Å². The molecule has 0 saturated heterocycles. The van der Waals surface area contributed by atoms with Crippen molar-refractivity contribution in [1.82, 2.24) is 5.32 Å². The van der Waals surface area contributed by atoms with Crippen molar-refractivity contribution in [2.75, 3.05) is 14.2 Å². The number of fused-ring (bicyclic) bond motifs is 2. The molecule has 0 spiro atoms. The molecule has 2 bridgehead atoms. The van der Waals surface area contributed by atoms with E-state index >= 15 is 0 Å². The zero-order chi connectivity index (χ0) is 12.6. The third kappa shape index (κ3) is 2.22. The molecule has 0 aromatic carbocycles. The van der Waals surface area contributed by atoms with Crippen LogP contribution in [-0.2, 0) is 9.53 Å². The molecule has 0 aromatic rings. The van der Waals surface area contributed by atoms with Gasteiger partial charge in [0.05, 0.1) is 12.5 Å². The van der Waals surface area contributed by atoms with Crippen molar-refractivity contribution in [2.24, 2.45) is 23.2 Å². The zero-order valence-corrected chi connectivity index (χ0v) is 11.5. The van der Waals surface area contributed by atoms with Gasteiger partial charge in [0, 0.05) is 6.04 Å². The summed E-state index contributed by atoms with van der Waals surface area (Å²) in [6.07, 6.45) is 4.51. The molecule has 3 nitrogen and oxygen atoms in total. The quantitative estimate of drug-likeness (QED) is 0.751. The summed E-state index contributed by atoms with van der Waals surface area (Å²) in [5.41, 5.74) is -0.252. The average Bonchev–Trinajstić information content (AvgIpc) is 2.27. The van der Waals surface area contributed by atoms with Crippen LogP contribution in [0, 0.1) is 23.2 Å². The number of esters is 1. The Bertz CT molecular complexity index is 303. The van der Waals surface area contributed by atoms with Gasteiger partial charge in [-0.25, -0.2) is 0 Å². The third-order valence-corrected chi connectivity index (χ3v) is 4.93. The highest BCUT2D eigenvalue weighted by atomic mass is 16.5. The molecule has 17 heavy (non-hydrogen) atoms. The number of hydrogen-bond acceptors (Lipinski definition) is 3. The maximum atomic E-state index is 12.0. The predicted octanol–water partition coefficient (Wildman–Crippen LogP) is 2.21. The fourth-order valence-electron chi connectivity index (χ4n) is 4.42. The second-order valence-electron chi connectivity index (χ2n) is 6.35. The Morgan fingerprint density at radius 1 is 1.35 bits per heavy atom. The standard InChI is InChI=1S/C14H25NO2/c1-9-5-10-6-11(12(9)15-3)8-14(2,7-10)13(16)17-4/h9-12,15H,5-8H2,1-4H3. The average molecular weight is 239 g/mol. The van der Waals surface area contributed by atoms with Crippen LogP contribution in [0.3, 0.4) is 0 Å². The molecule has 2 aliphatic rings. The largest absolute Gasteiger partial charge is 0.469 e. The maximum absolute atomic E-state index is 12.0. The number of nitrogens with one attached hydrogen (secondary N) is 1. The van der Waals surface area contributed by atoms with Crippen LogP contribution in [0.25, 0.3) is 0 Å². The van der Waals surface area contributed by atoms with Gasteiger partial charge in [-0.1, -0.05) is 6.92 Å². The van der Waals surface area contributed by atoms with Crippen molar-refractivity contribution in [3.05, 3.63) is 0 Å². The molecule has 0 amide bonds. The molecule has 0 radical (unpaired) electrons. The summed E-state index contributed by atoms with van der Waals surface area (Å²) < 4.78 is 4.99. The van der Waals surface area contributed by atoms with Gasteiger partial charge in [-0.05, 0) is 57.4 Å². The van der Waals surface area contributed by atoms with Crippen molar-refractivity contribution in [1.29, 1.82) is 0 Å². The number of rotatable bonds is 2. The van der Waals surface area contributed by atoms with Gasteiger partial charge in [-0.15, -0.1) is 0 Å². The van der Waals surface area contributed by atoms with Crippen molar-refractivity contribution >= 4 is 5.97 Å². The second-order valence-corrected chi connectivity index (χ2v) is 6.35. The SMILES string of the molecule is CNC1C(C)CC2CC1CC(C)(C(=O)OC)C2. The molecule has 2 aliphatic carbocycles. The van der Waals surface area contributed by atoms with Gasteiger partial charge < -0.3 is 10.1 Å². The van der Waals surface area contributed by atoms with Crippen molar-refractivity contribution in [3.63, 3.8) is 0 Å². The molecule has 2 rings (SSSR count). The van der Waals surface area contributed by atoms with E-state index in [1.807, 2.05) is 7.05 Å². The molecule has 5 atom stereocenters. The Morgan fingerprint density at radius 3 is 2.65 bits per heavy atom. The lowest BCUT2D eigenvalue weighted by Gasteiger charge is -2.49. The van der Waals surface area contributed by atoms with Crippen LogP contribution in [0.15, 0.2) is 0 Å². The Morgan fingerprint density at radius 2 is 2.06 bits per heavy atom. The Kier molecular flexibility index (Phi) is 3.48. The van der Waals surface area contributed by atoms with Gasteiger partial charge in [0.2, 0.25) is 0 Å². The van der Waals surface area contributed by atoms with E-state index in [1.165, 1.54) is 20.0 Å². The minimum Gasteiger partial charge on any atom is -0.469 e. The van der Waals surface area contributed by atoms with Crippen LogP contribution in [0.1, 0.15) is 39.5 Å². The van der Waals surface area contributed by atoms with Gasteiger partial charge >= 0.3 is 5.97 Å². The highest BCUT2D eigenvalue weighted by Gasteiger charge is 2.48. The van der Waals surface area contributed by atoms with E-state index in [1.54, 1.807) is 0 Å². The molecule has 2 fully saturated rings. The highest BCUT2D eigenvalue weighted by molar-refractivity contribution is 5.76. The van der Waals surface area contributed by atoms with Crippen LogP contribution in [0.4, 0.5) is 0 Å². The highest BCUT2D eigenvalue weighted by Crippen LogP contribution is 2.50. The number of carbonyl (C=O) groups is 1. The van der Waals surface area contributed by atoms with Crippen molar-refractivity contribution in [3.8, 4) is 0 Å². The molecule has 98 valence electrons. The Hall–Kier alpha value is -0.570. The van der Waals surface area contributed by atoms with E-state index in [2.05, 4.69) is 19.2 Å². The van der Waals surface area contributed by atoms with Gasteiger partial charge in [-0.2, -0.15) is 0 Å². The monoisotopic (exact) mass is 239 g/mol. The van der Waals surface area contributed by atoms with Crippen LogP contribution in [0.5, 0.6) is 0 Å². The van der Waals surface area contributed by atoms with Crippen LogP contribution in [-0.4, -0.2) is 26.2 Å². The molecule has 5 unspecified atom stereocenters. The molecule has 0 aliphatic heterocycles. The summed E-state index contributed by atoms with van der Waals surface area (Å²) >= 11 is 0. The molecular weight excluding hydrogens is 214 g/mol. The first kappa shape index (κ1) is 12.9. The molecule has 0 aromatic heterocycles. The first-order valence-corrected chi connectivity index (χ1v) is 6.76. The molecule has 1 N–H and O–H groups in total. The summed E-state index contributed by atoms with van der Waals surface area (Å²) in [7, 11) is 3.56. The van der Waals surface area contributed by atoms with E-state index in [-0.39, 0.29) is 11.4 Å². The van der Waals surface area contributed by atoms with E-state index in [0.717, 1.165) is 18.8 Å². The normalized spacial score (nSPS) is 45.4. The van der Waals surface area contributed by atoms with Crippen LogP contribution in [0.2, 0.25) is 0 Å². The number of methoxy groups -OCH3 is 1. The fraction of sp³-hybridized carbons (Fsp3) is 0.929. The lowest BCUT2D eigenvalue weighted by molar-refractivity contribution is -0.157. The second kappa shape index (κ2) is 4.60. The van der Waals surface area contributed by atoms with E-state index < -0.39 is 0 Å². The molecule has 0 heterocycles. The number of hydrogen-bond donors (Lipinski definition) is 1. The zero-order valence-electron chi connectivity index (χ0n) is 11.5. The van der Waals surface area contributed by atoms with Gasteiger partial charge in [-0.3, -0.25) is 4.79 Å². The van der Waals surface area contributed by atoms with Gasteiger partial charge in [0.25, 0.3) is 0 Å². The summed E-state index contributed by atoms with van der Waals surface area (Å²) in [5.74, 6) is 2.05.